The molecule has 0 bridgehead atoms. The van der Waals surface area contributed by atoms with Crippen LogP contribution in [0.15, 0.2) is 66.7 Å². The van der Waals surface area contributed by atoms with E-state index in [2.05, 4.69) is 0 Å². The largest absolute Gasteiger partial charge is 0.285 e. The van der Waals surface area contributed by atoms with Gasteiger partial charge in [-0.2, -0.15) is 0 Å². The molecule has 0 amide bonds. The Kier molecular flexibility index (Phi) is 2.76. The van der Waals surface area contributed by atoms with E-state index in [1.54, 1.807) is 18.2 Å². The summed E-state index contributed by atoms with van der Waals surface area (Å²) in [7, 11) is 0. The van der Waals surface area contributed by atoms with Crippen LogP contribution in [0.3, 0.4) is 0 Å². The van der Waals surface area contributed by atoms with Gasteiger partial charge in [-0.15, -0.1) is 0 Å². The van der Waals surface area contributed by atoms with Crippen molar-refractivity contribution in [3.05, 3.63) is 83.4 Å². The number of ketones is 2. The molecule has 2 heteroatoms. The Bertz CT molecular complexity index is 964. The Labute approximate surface area is 127 Å². The minimum atomic E-state index is -0.422. The molecule has 0 aromatic heterocycles. The fourth-order valence-corrected chi connectivity index (χ4v) is 2.89. The van der Waals surface area contributed by atoms with Crippen molar-refractivity contribution in [1.29, 1.82) is 0 Å². The van der Waals surface area contributed by atoms with Gasteiger partial charge in [-0.25, -0.2) is 0 Å². The molecule has 0 fully saturated rings. The highest BCUT2D eigenvalue weighted by molar-refractivity contribution is 6.64. The first kappa shape index (κ1) is 12.7. The van der Waals surface area contributed by atoms with Crippen LogP contribution in [-0.4, -0.2) is 11.6 Å². The van der Waals surface area contributed by atoms with E-state index in [0.717, 1.165) is 21.9 Å². The van der Waals surface area contributed by atoms with Crippen molar-refractivity contribution in [2.75, 3.05) is 0 Å². The second-order valence-corrected chi connectivity index (χ2v) is 5.37. The highest BCUT2D eigenvalue weighted by Gasteiger charge is 2.32. The molecule has 0 saturated heterocycles. The van der Waals surface area contributed by atoms with Crippen LogP contribution in [0.2, 0.25) is 0 Å². The van der Waals surface area contributed by atoms with Gasteiger partial charge in [0.15, 0.2) is 0 Å². The standard InChI is InChI=1S/C20H12O2/c21-19-17-8-4-3-7-16(17)18(20(19)22)12-13-9-10-14-5-1-2-6-15(14)11-13/h1-12H. The minimum Gasteiger partial charge on any atom is -0.285 e. The van der Waals surface area contributed by atoms with Gasteiger partial charge in [0.2, 0.25) is 11.6 Å². The lowest BCUT2D eigenvalue weighted by Gasteiger charge is -2.01. The molecule has 1 aliphatic rings. The summed E-state index contributed by atoms with van der Waals surface area (Å²) in [4.78, 5) is 24.2. The van der Waals surface area contributed by atoms with Crippen molar-refractivity contribution in [2.24, 2.45) is 0 Å². The first-order chi connectivity index (χ1) is 10.7. The number of Topliss-reactive ketones (excluding diaryl/α,β-unsaturated/α-hetero) is 2. The maximum Gasteiger partial charge on any atom is 0.234 e. The normalized spacial score (nSPS) is 15.5. The van der Waals surface area contributed by atoms with Crippen molar-refractivity contribution >= 4 is 34.0 Å². The molecular formula is C20H12O2. The summed E-state index contributed by atoms with van der Waals surface area (Å²) in [6.45, 7) is 0. The molecule has 22 heavy (non-hydrogen) atoms. The first-order valence-electron chi connectivity index (χ1n) is 7.13. The molecule has 0 atom stereocenters. The lowest BCUT2D eigenvalue weighted by molar-refractivity contribution is -0.109. The van der Waals surface area contributed by atoms with Crippen LogP contribution in [0.1, 0.15) is 21.5 Å². The molecule has 0 saturated carbocycles. The predicted molar refractivity (Wildman–Crippen MR) is 87.6 cm³/mol. The minimum absolute atomic E-state index is 0.414. The Morgan fingerprint density at radius 1 is 0.636 bits per heavy atom. The van der Waals surface area contributed by atoms with E-state index in [4.69, 9.17) is 0 Å². The number of fused-ring (bicyclic) bond motifs is 2. The van der Waals surface area contributed by atoms with Gasteiger partial charge in [0, 0.05) is 11.1 Å². The van der Waals surface area contributed by atoms with E-state index < -0.39 is 11.6 Å². The average molecular weight is 284 g/mol. The van der Waals surface area contributed by atoms with Crippen LogP contribution < -0.4 is 0 Å². The van der Waals surface area contributed by atoms with Crippen LogP contribution in [0.4, 0.5) is 0 Å². The molecule has 3 aromatic rings. The van der Waals surface area contributed by atoms with E-state index in [-0.39, 0.29) is 0 Å². The van der Waals surface area contributed by atoms with Gasteiger partial charge in [-0.3, -0.25) is 9.59 Å². The third-order valence-electron chi connectivity index (χ3n) is 4.00. The number of hydrogen-bond donors (Lipinski definition) is 0. The predicted octanol–water partition coefficient (Wildman–Crippen LogP) is 4.15. The average Bonchev–Trinajstić information content (AvgIpc) is 2.80. The SMILES string of the molecule is O=C1C(=O)c2ccccc2C1=Cc1ccc2ccccc2c1. The van der Waals surface area contributed by atoms with Crippen molar-refractivity contribution in [1.82, 2.24) is 0 Å². The van der Waals surface area contributed by atoms with Gasteiger partial charge in [-0.05, 0) is 34.0 Å². The van der Waals surface area contributed by atoms with Gasteiger partial charge in [-0.1, -0.05) is 60.7 Å². The number of hydrogen-bond acceptors (Lipinski definition) is 2. The van der Waals surface area contributed by atoms with Gasteiger partial charge in [0.1, 0.15) is 0 Å². The lowest BCUT2D eigenvalue weighted by Crippen LogP contribution is -2.05. The molecule has 3 aromatic carbocycles. The van der Waals surface area contributed by atoms with Crippen LogP contribution in [-0.2, 0) is 4.79 Å². The Balaban J connectivity index is 1.88. The summed E-state index contributed by atoms with van der Waals surface area (Å²) in [6, 6.07) is 21.2. The highest BCUT2D eigenvalue weighted by atomic mass is 16.2. The molecule has 104 valence electrons. The smallest absolute Gasteiger partial charge is 0.234 e. The molecular weight excluding hydrogens is 272 g/mol. The number of allylic oxidation sites excluding steroid dienone is 1. The summed E-state index contributed by atoms with van der Waals surface area (Å²) in [5.74, 6) is -0.836. The molecule has 4 rings (SSSR count). The van der Waals surface area contributed by atoms with Crippen molar-refractivity contribution in [2.45, 2.75) is 0 Å². The molecule has 0 radical (unpaired) electrons. The molecule has 0 heterocycles. The van der Waals surface area contributed by atoms with Crippen LogP contribution >= 0.6 is 0 Å². The third kappa shape index (κ3) is 1.89. The zero-order valence-corrected chi connectivity index (χ0v) is 11.7. The Hall–Kier alpha value is -3.00. The van der Waals surface area contributed by atoms with Crippen molar-refractivity contribution in [3.63, 3.8) is 0 Å². The molecule has 0 N–H and O–H groups in total. The topological polar surface area (TPSA) is 34.1 Å². The maximum absolute atomic E-state index is 12.2. The van der Waals surface area contributed by atoms with E-state index in [9.17, 15) is 9.59 Å². The summed E-state index contributed by atoms with van der Waals surface area (Å²) in [5, 5.41) is 2.26. The lowest BCUT2D eigenvalue weighted by atomic mass is 10.0. The van der Waals surface area contributed by atoms with E-state index in [1.807, 2.05) is 54.6 Å². The Morgan fingerprint density at radius 3 is 2.14 bits per heavy atom. The van der Waals surface area contributed by atoms with Crippen LogP contribution in [0.5, 0.6) is 0 Å². The quantitative estimate of drug-likeness (QED) is 0.497. The molecule has 1 aliphatic carbocycles. The number of carbonyl (C=O) groups is 2. The number of carbonyl (C=O) groups excluding carboxylic acids is 2. The second kappa shape index (κ2) is 4.78. The number of benzene rings is 3. The molecule has 0 aliphatic heterocycles. The summed E-state index contributed by atoms with van der Waals surface area (Å²) in [5.41, 5.74) is 2.63. The highest BCUT2D eigenvalue weighted by Crippen LogP contribution is 2.31. The summed E-state index contributed by atoms with van der Waals surface area (Å²) < 4.78 is 0. The van der Waals surface area contributed by atoms with E-state index >= 15 is 0 Å². The molecule has 0 unspecified atom stereocenters. The molecule has 0 spiro atoms. The van der Waals surface area contributed by atoms with E-state index in [0.29, 0.717) is 11.1 Å². The van der Waals surface area contributed by atoms with Gasteiger partial charge >= 0.3 is 0 Å². The summed E-state index contributed by atoms with van der Waals surface area (Å²) in [6.07, 6.45) is 1.80. The third-order valence-corrected chi connectivity index (χ3v) is 4.00. The summed E-state index contributed by atoms with van der Waals surface area (Å²) >= 11 is 0. The molecule has 2 nitrogen and oxygen atoms in total. The first-order valence-corrected chi connectivity index (χ1v) is 7.13. The fraction of sp³-hybridized carbons (Fsp3) is 0. The van der Waals surface area contributed by atoms with E-state index in [1.165, 1.54) is 0 Å². The van der Waals surface area contributed by atoms with Crippen molar-refractivity contribution < 1.29 is 9.59 Å². The zero-order valence-electron chi connectivity index (χ0n) is 11.7. The zero-order chi connectivity index (χ0) is 15.1. The fourth-order valence-electron chi connectivity index (χ4n) is 2.89. The van der Waals surface area contributed by atoms with Gasteiger partial charge in [0.25, 0.3) is 0 Å². The monoisotopic (exact) mass is 284 g/mol. The van der Waals surface area contributed by atoms with Crippen LogP contribution in [0.25, 0.3) is 22.4 Å². The maximum atomic E-state index is 12.2. The second-order valence-electron chi connectivity index (χ2n) is 5.37. The van der Waals surface area contributed by atoms with Crippen molar-refractivity contribution in [3.8, 4) is 0 Å². The van der Waals surface area contributed by atoms with Gasteiger partial charge < -0.3 is 0 Å². The van der Waals surface area contributed by atoms with Crippen LogP contribution in [0, 0.1) is 0 Å². The number of rotatable bonds is 1. The Morgan fingerprint density at radius 2 is 1.32 bits per heavy atom. The van der Waals surface area contributed by atoms with Gasteiger partial charge in [0.05, 0.1) is 0 Å².